The second-order valence-electron chi connectivity index (χ2n) is 7.34. The third kappa shape index (κ3) is 5.20. The first-order valence-corrected chi connectivity index (χ1v) is 13.1. The lowest BCUT2D eigenvalue weighted by atomic mass is 10.1. The lowest BCUT2D eigenvalue weighted by molar-refractivity contribution is -0.115. The van der Waals surface area contributed by atoms with Crippen LogP contribution in [0.3, 0.4) is 0 Å². The van der Waals surface area contributed by atoms with Crippen LogP contribution in [0.15, 0.2) is 101 Å². The lowest BCUT2D eigenvalue weighted by Crippen LogP contribution is -2.19. The summed E-state index contributed by atoms with van der Waals surface area (Å²) in [5.74, 6) is -0.298. The van der Waals surface area contributed by atoms with E-state index in [0.29, 0.717) is 15.7 Å². The summed E-state index contributed by atoms with van der Waals surface area (Å²) in [6, 6.07) is 28.6. The third-order valence-corrected chi connectivity index (χ3v) is 8.02. The number of aromatic nitrogens is 1. The van der Waals surface area contributed by atoms with Crippen molar-refractivity contribution in [3.63, 3.8) is 0 Å². The van der Waals surface area contributed by atoms with Gasteiger partial charge < -0.3 is 10.6 Å². The van der Waals surface area contributed by atoms with Gasteiger partial charge in [0.25, 0.3) is 5.91 Å². The van der Waals surface area contributed by atoms with Crippen LogP contribution in [-0.2, 0) is 4.79 Å². The fourth-order valence-corrected chi connectivity index (χ4v) is 5.95. The zero-order chi connectivity index (χ0) is 23.3. The molecule has 0 aliphatic carbocycles. The predicted molar refractivity (Wildman–Crippen MR) is 142 cm³/mol. The van der Waals surface area contributed by atoms with Crippen molar-refractivity contribution in [1.29, 1.82) is 0 Å². The number of rotatable bonds is 7. The van der Waals surface area contributed by atoms with E-state index in [2.05, 4.69) is 15.6 Å². The number of amides is 2. The van der Waals surface area contributed by atoms with E-state index >= 15 is 0 Å². The Kier molecular flexibility index (Phi) is 6.71. The summed E-state index contributed by atoms with van der Waals surface area (Å²) in [6.07, 6.45) is 0. The van der Waals surface area contributed by atoms with Crippen molar-refractivity contribution in [2.45, 2.75) is 10.1 Å². The largest absolute Gasteiger partial charge is 0.321 e. The van der Waals surface area contributed by atoms with Crippen LogP contribution >= 0.6 is 34.4 Å². The molecule has 2 heterocycles. The minimum absolute atomic E-state index is 0.148. The smallest absolute Gasteiger partial charge is 0.265 e. The Balaban J connectivity index is 1.37. The molecule has 0 spiro atoms. The third-order valence-electron chi connectivity index (χ3n) is 4.96. The van der Waals surface area contributed by atoms with Crippen molar-refractivity contribution >= 4 is 67.3 Å². The van der Waals surface area contributed by atoms with Crippen LogP contribution in [0, 0.1) is 0 Å². The Morgan fingerprint density at radius 1 is 0.853 bits per heavy atom. The van der Waals surface area contributed by atoms with Gasteiger partial charge in [-0.05, 0) is 47.3 Å². The monoisotopic (exact) mass is 501 g/mol. The van der Waals surface area contributed by atoms with E-state index < -0.39 is 5.25 Å². The highest BCUT2D eigenvalue weighted by Crippen LogP contribution is 2.38. The summed E-state index contributed by atoms with van der Waals surface area (Å²) in [4.78, 5) is 31.9. The Morgan fingerprint density at radius 2 is 1.68 bits per heavy atom. The molecule has 0 fully saturated rings. The first-order valence-electron chi connectivity index (χ1n) is 10.5. The summed E-state index contributed by atoms with van der Waals surface area (Å²) in [7, 11) is 0. The first kappa shape index (κ1) is 22.3. The molecule has 2 aromatic heterocycles. The lowest BCUT2D eigenvalue weighted by Gasteiger charge is -2.17. The average molecular weight is 502 g/mol. The number of anilines is 2. The molecule has 168 valence electrons. The van der Waals surface area contributed by atoms with Crippen LogP contribution in [0.25, 0.3) is 10.2 Å². The van der Waals surface area contributed by atoms with Crippen LogP contribution in [0.2, 0.25) is 0 Å². The van der Waals surface area contributed by atoms with Gasteiger partial charge in [0.2, 0.25) is 5.91 Å². The molecule has 3 aromatic carbocycles. The number of nitrogens with zero attached hydrogens (tertiary/aromatic N) is 1. The number of para-hydroxylation sites is 1. The molecule has 0 aliphatic rings. The minimum atomic E-state index is -0.489. The van der Waals surface area contributed by atoms with Gasteiger partial charge in [-0.3, -0.25) is 9.59 Å². The van der Waals surface area contributed by atoms with E-state index in [-0.39, 0.29) is 11.8 Å². The molecule has 2 N–H and O–H groups in total. The average Bonchev–Trinajstić information content (AvgIpc) is 3.53. The number of carbonyl (C=O) groups excluding carboxylic acids is 2. The van der Waals surface area contributed by atoms with Gasteiger partial charge in [-0.2, -0.15) is 0 Å². The van der Waals surface area contributed by atoms with E-state index in [1.807, 2.05) is 90.3 Å². The molecule has 1 atom stereocenters. The van der Waals surface area contributed by atoms with Crippen LogP contribution in [-0.4, -0.2) is 16.8 Å². The van der Waals surface area contributed by atoms with E-state index in [1.54, 1.807) is 6.07 Å². The normalized spacial score (nSPS) is 11.8. The van der Waals surface area contributed by atoms with E-state index in [1.165, 1.54) is 34.4 Å². The minimum Gasteiger partial charge on any atom is -0.321 e. The maximum absolute atomic E-state index is 13.4. The number of thioether (sulfide) groups is 1. The number of thiazole rings is 1. The maximum Gasteiger partial charge on any atom is 0.265 e. The number of fused-ring (bicyclic) bond motifs is 1. The maximum atomic E-state index is 13.4. The molecular formula is C26H19N3O2S3. The predicted octanol–water partition coefficient (Wildman–Crippen LogP) is 7.08. The molecular weight excluding hydrogens is 483 g/mol. The zero-order valence-electron chi connectivity index (χ0n) is 17.8. The number of hydrogen-bond donors (Lipinski definition) is 2. The summed E-state index contributed by atoms with van der Waals surface area (Å²) >= 11 is 4.28. The molecule has 5 nitrogen and oxygen atoms in total. The van der Waals surface area contributed by atoms with Gasteiger partial charge in [-0.15, -0.1) is 23.1 Å². The summed E-state index contributed by atoms with van der Waals surface area (Å²) in [6.45, 7) is 0. The van der Waals surface area contributed by atoms with Crippen molar-refractivity contribution in [2.24, 2.45) is 0 Å². The van der Waals surface area contributed by atoms with Crippen LogP contribution in [0.1, 0.15) is 20.5 Å². The van der Waals surface area contributed by atoms with Gasteiger partial charge in [0, 0.05) is 10.6 Å². The van der Waals surface area contributed by atoms with Crippen molar-refractivity contribution in [3.8, 4) is 0 Å². The van der Waals surface area contributed by atoms with E-state index in [4.69, 9.17) is 0 Å². The van der Waals surface area contributed by atoms with Crippen LogP contribution in [0.5, 0.6) is 0 Å². The van der Waals surface area contributed by atoms with Gasteiger partial charge in [0.1, 0.15) is 5.25 Å². The zero-order valence-corrected chi connectivity index (χ0v) is 20.3. The quantitative estimate of drug-likeness (QED) is 0.234. The van der Waals surface area contributed by atoms with Crippen LogP contribution in [0.4, 0.5) is 10.8 Å². The molecule has 5 rings (SSSR count). The molecule has 1 unspecified atom stereocenters. The summed E-state index contributed by atoms with van der Waals surface area (Å²) in [5.41, 5.74) is 2.43. The van der Waals surface area contributed by atoms with Gasteiger partial charge in [-0.1, -0.05) is 65.9 Å². The fraction of sp³-hybridized carbons (Fsp3) is 0.0385. The van der Waals surface area contributed by atoms with Crippen molar-refractivity contribution < 1.29 is 9.59 Å². The molecule has 0 radical (unpaired) electrons. The Bertz CT molecular complexity index is 1400. The topological polar surface area (TPSA) is 71.1 Å². The van der Waals surface area contributed by atoms with Crippen molar-refractivity contribution in [1.82, 2.24) is 4.98 Å². The van der Waals surface area contributed by atoms with Gasteiger partial charge >= 0.3 is 0 Å². The molecule has 2 amide bonds. The molecule has 0 bridgehead atoms. The van der Waals surface area contributed by atoms with Gasteiger partial charge in [0.15, 0.2) is 5.13 Å². The number of carbonyl (C=O) groups is 2. The number of hydrogen-bond acceptors (Lipinski definition) is 6. The Morgan fingerprint density at radius 3 is 2.47 bits per heavy atom. The molecule has 5 aromatic rings. The molecule has 0 saturated heterocycles. The Hall–Kier alpha value is -3.46. The SMILES string of the molecule is O=C(Nc1cccc(SC(C(=O)Nc2nc3ccccc3s2)c2ccccc2)c1)c1cccs1. The molecule has 8 heteroatoms. The summed E-state index contributed by atoms with van der Waals surface area (Å²) < 4.78 is 1.02. The highest BCUT2D eigenvalue weighted by molar-refractivity contribution is 8.00. The summed E-state index contributed by atoms with van der Waals surface area (Å²) in [5, 5.41) is 7.88. The molecule has 0 aliphatic heterocycles. The first-order chi connectivity index (χ1) is 16.7. The second kappa shape index (κ2) is 10.2. The van der Waals surface area contributed by atoms with E-state index in [9.17, 15) is 9.59 Å². The van der Waals surface area contributed by atoms with Gasteiger partial charge in [-0.25, -0.2) is 4.98 Å². The Labute approximate surface area is 208 Å². The number of benzene rings is 3. The second-order valence-corrected chi connectivity index (χ2v) is 10.5. The highest BCUT2D eigenvalue weighted by atomic mass is 32.2. The van der Waals surface area contributed by atoms with Gasteiger partial charge in [0.05, 0.1) is 15.1 Å². The van der Waals surface area contributed by atoms with Crippen LogP contribution < -0.4 is 10.6 Å². The fourth-order valence-electron chi connectivity index (χ4n) is 3.38. The van der Waals surface area contributed by atoms with Crippen molar-refractivity contribution in [2.75, 3.05) is 10.6 Å². The number of nitrogens with one attached hydrogen (secondary N) is 2. The van der Waals surface area contributed by atoms with E-state index in [0.717, 1.165) is 20.7 Å². The molecule has 34 heavy (non-hydrogen) atoms. The molecule has 0 saturated carbocycles. The standard InChI is InChI=1S/C26H19N3O2S3/c30-24(22-14-7-15-32-22)27-18-10-6-11-19(16-18)33-23(17-8-2-1-3-9-17)25(31)29-26-28-20-12-4-5-13-21(20)34-26/h1-16,23H,(H,27,30)(H,28,29,31). The highest BCUT2D eigenvalue weighted by Gasteiger charge is 2.23. The number of thiophene rings is 1. The van der Waals surface area contributed by atoms with Crippen molar-refractivity contribution in [3.05, 3.63) is 107 Å².